The van der Waals surface area contributed by atoms with Gasteiger partial charge >= 0.3 is 0 Å². The fourth-order valence-corrected chi connectivity index (χ4v) is 0.599. The first-order valence-electron chi connectivity index (χ1n) is 3.69. The van der Waals surface area contributed by atoms with Crippen molar-refractivity contribution in [3.8, 4) is 0 Å². The summed E-state index contributed by atoms with van der Waals surface area (Å²) in [6, 6.07) is 0. The predicted molar refractivity (Wildman–Crippen MR) is 45.1 cm³/mol. The molecule has 0 aromatic carbocycles. The number of aldehydes is 1. The van der Waals surface area contributed by atoms with Gasteiger partial charge in [0.1, 0.15) is 5.60 Å². The summed E-state index contributed by atoms with van der Waals surface area (Å²) in [5.74, 6) is -0.631. The molecule has 0 bridgehead atoms. The van der Waals surface area contributed by atoms with Gasteiger partial charge in [0.15, 0.2) is 6.29 Å². The molecule has 0 rings (SSSR count). The molecule has 0 aliphatic heterocycles. The molecule has 13 heavy (non-hydrogen) atoms. The highest BCUT2D eigenvalue weighted by atomic mass is 16.5. The van der Waals surface area contributed by atoms with Gasteiger partial charge in [-0.3, -0.25) is 9.59 Å². The summed E-state index contributed by atoms with van der Waals surface area (Å²) in [6.45, 7) is 3.24. The van der Waals surface area contributed by atoms with Crippen molar-refractivity contribution in [1.82, 2.24) is 0 Å². The highest BCUT2D eigenvalue weighted by Gasteiger charge is 2.27. The second kappa shape index (κ2) is 5.29. The summed E-state index contributed by atoms with van der Waals surface area (Å²) in [4.78, 5) is 23.5. The molecule has 0 heterocycles. The maximum atomic E-state index is 10.9. The van der Waals surface area contributed by atoms with Gasteiger partial charge in [0.2, 0.25) is 5.78 Å². The zero-order chi connectivity index (χ0) is 10.3. The zero-order valence-electron chi connectivity index (χ0n) is 7.56. The Morgan fingerprint density at radius 2 is 2.31 bits per heavy atom. The van der Waals surface area contributed by atoms with Crippen molar-refractivity contribution in [2.24, 2.45) is 5.11 Å². The summed E-state index contributed by atoms with van der Waals surface area (Å²) < 4.78 is 5.04. The number of rotatable bonds is 6. The normalized spacial score (nSPS) is 10.3. The SMILES string of the molecule is CC(C)(OCCN=[N+]=[N-])C(=O)C=O. The first-order valence-corrected chi connectivity index (χ1v) is 3.69. The van der Waals surface area contributed by atoms with E-state index >= 15 is 0 Å². The van der Waals surface area contributed by atoms with Gasteiger partial charge in [0.05, 0.1) is 6.61 Å². The van der Waals surface area contributed by atoms with E-state index in [2.05, 4.69) is 10.0 Å². The van der Waals surface area contributed by atoms with Crippen molar-refractivity contribution < 1.29 is 14.3 Å². The van der Waals surface area contributed by atoms with Crippen LogP contribution in [0.25, 0.3) is 10.4 Å². The van der Waals surface area contributed by atoms with Crippen LogP contribution in [-0.2, 0) is 14.3 Å². The average Bonchev–Trinajstić information content (AvgIpc) is 2.11. The molecule has 0 saturated heterocycles. The maximum Gasteiger partial charge on any atom is 0.226 e. The molecule has 0 aromatic rings. The Morgan fingerprint density at radius 1 is 1.69 bits per heavy atom. The van der Waals surface area contributed by atoms with Crippen LogP contribution in [0.2, 0.25) is 0 Å². The second-order valence-corrected chi connectivity index (χ2v) is 2.80. The lowest BCUT2D eigenvalue weighted by Crippen LogP contribution is -2.36. The molecule has 0 saturated carbocycles. The number of ether oxygens (including phenoxy) is 1. The van der Waals surface area contributed by atoms with E-state index in [0.29, 0.717) is 0 Å². The fraction of sp³-hybridized carbons (Fsp3) is 0.714. The van der Waals surface area contributed by atoms with E-state index in [1.165, 1.54) is 13.8 Å². The number of Topliss-reactive ketones (excluding diaryl/α,β-unsaturated/α-hetero) is 1. The first-order chi connectivity index (χ1) is 6.04. The minimum atomic E-state index is -1.13. The van der Waals surface area contributed by atoms with Gasteiger partial charge in [-0.25, -0.2) is 0 Å². The molecule has 0 amide bonds. The first kappa shape index (κ1) is 11.6. The van der Waals surface area contributed by atoms with Gasteiger partial charge in [-0.2, -0.15) is 0 Å². The van der Waals surface area contributed by atoms with Crippen LogP contribution < -0.4 is 0 Å². The molecule has 0 aliphatic rings. The third-order valence-corrected chi connectivity index (χ3v) is 1.42. The summed E-state index contributed by atoms with van der Waals surface area (Å²) in [6.07, 6.45) is 0.216. The van der Waals surface area contributed by atoms with Crippen LogP contribution in [0.5, 0.6) is 0 Å². The lowest BCUT2D eigenvalue weighted by molar-refractivity contribution is -0.145. The van der Waals surface area contributed by atoms with Crippen molar-refractivity contribution in [2.45, 2.75) is 19.4 Å². The molecule has 0 aliphatic carbocycles. The monoisotopic (exact) mass is 185 g/mol. The van der Waals surface area contributed by atoms with Gasteiger partial charge in [-0.1, -0.05) is 5.11 Å². The lowest BCUT2D eigenvalue weighted by Gasteiger charge is -2.20. The van der Waals surface area contributed by atoms with Crippen molar-refractivity contribution in [1.29, 1.82) is 0 Å². The fourth-order valence-electron chi connectivity index (χ4n) is 0.599. The van der Waals surface area contributed by atoms with Crippen LogP contribution in [0.3, 0.4) is 0 Å². The van der Waals surface area contributed by atoms with Gasteiger partial charge in [0, 0.05) is 11.5 Å². The molecule has 0 radical (unpaired) electrons. The van der Waals surface area contributed by atoms with Crippen molar-refractivity contribution >= 4 is 12.1 Å². The minimum Gasteiger partial charge on any atom is -0.367 e. The standard InChI is InChI=1S/C7H11N3O3/c1-7(2,6(12)5-11)13-4-3-9-10-8/h5H,3-4H2,1-2H3. The molecule has 6 nitrogen and oxygen atoms in total. The van der Waals surface area contributed by atoms with E-state index in [0.717, 1.165) is 0 Å². The zero-order valence-corrected chi connectivity index (χ0v) is 7.56. The molecule has 0 N–H and O–H groups in total. The van der Waals surface area contributed by atoms with Crippen LogP contribution >= 0.6 is 0 Å². The number of azide groups is 1. The topological polar surface area (TPSA) is 92.1 Å². The molecule has 0 aromatic heterocycles. The van der Waals surface area contributed by atoms with E-state index in [1.54, 1.807) is 0 Å². The van der Waals surface area contributed by atoms with Gasteiger partial charge in [-0.05, 0) is 19.4 Å². The highest BCUT2D eigenvalue weighted by molar-refractivity contribution is 6.28. The van der Waals surface area contributed by atoms with Gasteiger partial charge < -0.3 is 4.74 Å². The number of carbonyl (C=O) groups excluding carboxylic acids is 2. The predicted octanol–water partition coefficient (Wildman–Crippen LogP) is 0.860. The quantitative estimate of drug-likeness (QED) is 0.153. The number of hydrogen-bond donors (Lipinski definition) is 0. The summed E-state index contributed by atoms with van der Waals surface area (Å²) in [7, 11) is 0. The molecular formula is C7H11N3O3. The van der Waals surface area contributed by atoms with Crippen LogP contribution in [0.4, 0.5) is 0 Å². The van der Waals surface area contributed by atoms with E-state index in [9.17, 15) is 9.59 Å². The Labute approximate surface area is 75.5 Å². The Bertz CT molecular complexity index is 243. The van der Waals surface area contributed by atoms with Crippen LogP contribution in [0.15, 0.2) is 5.11 Å². The van der Waals surface area contributed by atoms with E-state index < -0.39 is 11.4 Å². The molecular weight excluding hydrogens is 174 g/mol. The highest BCUT2D eigenvalue weighted by Crippen LogP contribution is 2.08. The van der Waals surface area contributed by atoms with Gasteiger partial charge in [-0.15, -0.1) is 0 Å². The number of nitrogens with zero attached hydrogens (tertiary/aromatic N) is 3. The number of carbonyl (C=O) groups is 2. The largest absolute Gasteiger partial charge is 0.367 e. The molecule has 72 valence electrons. The van der Waals surface area contributed by atoms with E-state index in [4.69, 9.17) is 10.3 Å². The third kappa shape index (κ3) is 4.25. The Kier molecular flexibility index (Phi) is 4.72. The van der Waals surface area contributed by atoms with Crippen LogP contribution in [0.1, 0.15) is 13.8 Å². The average molecular weight is 185 g/mol. The Balaban J connectivity index is 3.95. The van der Waals surface area contributed by atoms with Gasteiger partial charge in [0.25, 0.3) is 0 Å². The molecule has 6 heteroatoms. The van der Waals surface area contributed by atoms with Crippen LogP contribution in [-0.4, -0.2) is 30.8 Å². The summed E-state index contributed by atoms with van der Waals surface area (Å²) in [5.41, 5.74) is 6.80. The molecule has 0 spiro atoms. The van der Waals surface area contributed by atoms with E-state index in [1.807, 2.05) is 0 Å². The Morgan fingerprint density at radius 3 is 2.77 bits per heavy atom. The number of hydrogen-bond acceptors (Lipinski definition) is 4. The Hall–Kier alpha value is -1.39. The minimum absolute atomic E-state index is 0.122. The van der Waals surface area contributed by atoms with Crippen LogP contribution in [0, 0.1) is 0 Å². The van der Waals surface area contributed by atoms with Crippen molar-refractivity contribution in [2.75, 3.05) is 13.2 Å². The summed E-state index contributed by atoms with van der Waals surface area (Å²) >= 11 is 0. The lowest BCUT2D eigenvalue weighted by atomic mass is 10.1. The molecule has 0 unspecified atom stereocenters. The summed E-state index contributed by atoms with van der Waals surface area (Å²) in [5, 5.41) is 3.22. The molecule has 0 fully saturated rings. The maximum absolute atomic E-state index is 10.9. The third-order valence-electron chi connectivity index (χ3n) is 1.42. The smallest absolute Gasteiger partial charge is 0.226 e. The molecule has 0 atom stereocenters. The van der Waals surface area contributed by atoms with Crippen molar-refractivity contribution in [3.63, 3.8) is 0 Å². The second-order valence-electron chi connectivity index (χ2n) is 2.80. The van der Waals surface area contributed by atoms with Crippen molar-refractivity contribution in [3.05, 3.63) is 10.4 Å². The van der Waals surface area contributed by atoms with E-state index in [-0.39, 0.29) is 19.4 Å². The number of ketones is 1.